The summed E-state index contributed by atoms with van der Waals surface area (Å²) in [4.78, 5) is 19.5. The molecule has 0 radical (unpaired) electrons. The molecule has 1 saturated carbocycles. The van der Waals surface area contributed by atoms with Crippen LogP contribution in [0.2, 0.25) is 0 Å². The molecule has 0 unspecified atom stereocenters. The van der Waals surface area contributed by atoms with E-state index < -0.39 is 5.41 Å². The Morgan fingerprint density at radius 1 is 1.41 bits per heavy atom. The lowest BCUT2D eigenvalue weighted by Crippen LogP contribution is -2.30. The number of nitrogens with two attached hydrogens (primary N) is 1. The molecule has 1 amide bonds. The number of hydrogen-bond donors (Lipinski definition) is 1. The Kier molecular flexibility index (Phi) is 4.04. The lowest BCUT2D eigenvalue weighted by atomic mass is 9.95. The highest BCUT2D eigenvalue weighted by Crippen LogP contribution is 2.51. The lowest BCUT2D eigenvalue weighted by Gasteiger charge is -2.15. The zero-order valence-electron chi connectivity index (χ0n) is 10.8. The Labute approximate surface area is 101 Å². The highest BCUT2D eigenvalue weighted by molar-refractivity contribution is 5.90. The van der Waals surface area contributed by atoms with Crippen molar-refractivity contribution in [3.05, 3.63) is 17.6 Å². The van der Waals surface area contributed by atoms with E-state index >= 15 is 0 Å². The number of rotatable bonds is 3. The molecule has 1 heterocycles. The molecular weight excluding hydrogens is 218 g/mol. The first-order chi connectivity index (χ1) is 8.12. The number of hydrogen-bond acceptors (Lipinski definition) is 4. The number of nitrogens with zero attached hydrogens (tertiary/aromatic N) is 2. The van der Waals surface area contributed by atoms with Gasteiger partial charge in [-0.2, -0.15) is 0 Å². The molecule has 2 N–H and O–H groups in total. The normalized spacial score (nSPS) is 15.5. The highest BCUT2D eigenvalue weighted by atomic mass is 16.5. The van der Waals surface area contributed by atoms with Crippen molar-refractivity contribution in [3.63, 3.8) is 0 Å². The first-order valence-electron chi connectivity index (χ1n) is 5.78. The van der Waals surface area contributed by atoms with E-state index in [1.807, 2.05) is 20.8 Å². The van der Waals surface area contributed by atoms with Gasteiger partial charge in [-0.25, -0.2) is 9.97 Å². The van der Waals surface area contributed by atoms with E-state index in [1.54, 1.807) is 0 Å². The maximum absolute atomic E-state index is 11.4. The van der Waals surface area contributed by atoms with Crippen LogP contribution in [0.1, 0.15) is 37.9 Å². The number of primary amides is 1. The summed E-state index contributed by atoms with van der Waals surface area (Å²) in [6.07, 6.45) is 2.94. The van der Waals surface area contributed by atoms with Crippen LogP contribution in [0.5, 0.6) is 5.88 Å². The molecule has 94 valence electrons. The Bertz CT molecular complexity index is 414. The van der Waals surface area contributed by atoms with Crippen LogP contribution in [0.3, 0.4) is 0 Å². The van der Waals surface area contributed by atoms with E-state index in [0.29, 0.717) is 5.88 Å². The fourth-order valence-corrected chi connectivity index (χ4v) is 1.90. The SMILES string of the molecule is CC.COc1ncnc(C)c1C1(C(N)=O)CC1. The van der Waals surface area contributed by atoms with Crippen molar-refractivity contribution in [2.75, 3.05) is 7.11 Å². The maximum Gasteiger partial charge on any atom is 0.228 e. The van der Waals surface area contributed by atoms with Gasteiger partial charge in [0.25, 0.3) is 0 Å². The number of aromatic nitrogens is 2. The fourth-order valence-electron chi connectivity index (χ4n) is 1.90. The Morgan fingerprint density at radius 2 is 2.00 bits per heavy atom. The standard InChI is InChI=1S/C10H13N3O2.C2H6/c1-6-7(8(15-2)13-5-12-6)10(3-4-10)9(11)14;1-2/h5H,3-4H2,1-2H3,(H2,11,14);1-2H3. The van der Waals surface area contributed by atoms with Crippen LogP contribution in [0.25, 0.3) is 0 Å². The monoisotopic (exact) mass is 237 g/mol. The van der Waals surface area contributed by atoms with Crippen molar-refractivity contribution >= 4 is 5.91 Å². The first-order valence-corrected chi connectivity index (χ1v) is 5.78. The van der Waals surface area contributed by atoms with Crippen LogP contribution in [-0.4, -0.2) is 23.0 Å². The second-order valence-corrected chi connectivity index (χ2v) is 3.79. The molecule has 0 atom stereocenters. The van der Waals surface area contributed by atoms with E-state index in [9.17, 15) is 4.79 Å². The minimum atomic E-state index is -0.587. The third-order valence-electron chi connectivity index (χ3n) is 2.90. The summed E-state index contributed by atoms with van der Waals surface area (Å²) in [5.74, 6) is 0.137. The third-order valence-corrected chi connectivity index (χ3v) is 2.90. The number of aryl methyl sites for hydroxylation is 1. The van der Waals surface area contributed by atoms with Gasteiger partial charge in [0.2, 0.25) is 11.8 Å². The molecule has 0 saturated heterocycles. The molecule has 1 aromatic heterocycles. The van der Waals surface area contributed by atoms with E-state index in [2.05, 4.69) is 9.97 Å². The van der Waals surface area contributed by atoms with Gasteiger partial charge < -0.3 is 10.5 Å². The van der Waals surface area contributed by atoms with E-state index in [0.717, 1.165) is 24.1 Å². The molecule has 5 heteroatoms. The Morgan fingerprint density at radius 3 is 2.41 bits per heavy atom. The van der Waals surface area contributed by atoms with Crippen LogP contribution in [0, 0.1) is 6.92 Å². The summed E-state index contributed by atoms with van der Waals surface area (Å²) in [6, 6.07) is 0. The molecule has 1 aromatic rings. The zero-order chi connectivity index (χ0) is 13.1. The minimum absolute atomic E-state index is 0.321. The van der Waals surface area contributed by atoms with Gasteiger partial charge in [0.15, 0.2) is 0 Å². The second kappa shape index (κ2) is 5.12. The van der Waals surface area contributed by atoms with Crippen molar-refractivity contribution in [2.24, 2.45) is 5.73 Å². The summed E-state index contributed by atoms with van der Waals surface area (Å²) in [6.45, 7) is 5.84. The van der Waals surface area contributed by atoms with Crippen molar-refractivity contribution in [3.8, 4) is 5.88 Å². The molecule has 0 bridgehead atoms. The first kappa shape index (κ1) is 13.4. The van der Waals surface area contributed by atoms with Crippen molar-refractivity contribution in [2.45, 2.75) is 39.0 Å². The summed E-state index contributed by atoms with van der Waals surface area (Å²) in [5, 5.41) is 0. The fraction of sp³-hybridized carbons (Fsp3) is 0.583. The molecule has 2 rings (SSSR count). The van der Waals surface area contributed by atoms with E-state index in [1.165, 1.54) is 13.4 Å². The van der Waals surface area contributed by atoms with Gasteiger partial charge in [0, 0.05) is 5.69 Å². The van der Waals surface area contributed by atoms with Crippen molar-refractivity contribution in [1.82, 2.24) is 9.97 Å². The predicted molar refractivity (Wildman–Crippen MR) is 64.8 cm³/mol. The summed E-state index contributed by atoms with van der Waals surface area (Å²) in [7, 11) is 1.53. The third kappa shape index (κ3) is 2.23. The highest BCUT2D eigenvalue weighted by Gasteiger charge is 2.53. The quantitative estimate of drug-likeness (QED) is 0.860. The average Bonchev–Trinajstić information content (AvgIpc) is 3.12. The Hall–Kier alpha value is -1.65. The van der Waals surface area contributed by atoms with Gasteiger partial charge in [0.05, 0.1) is 18.1 Å². The number of ether oxygens (including phenoxy) is 1. The topological polar surface area (TPSA) is 78.1 Å². The minimum Gasteiger partial charge on any atom is -0.481 e. The zero-order valence-corrected chi connectivity index (χ0v) is 10.8. The van der Waals surface area contributed by atoms with Gasteiger partial charge in [-0.3, -0.25) is 4.79 Å². The molecule has 17 heavy (non-hydrogen) atoms. The van der Waals surface area contributed by atoms with Gasteiger partial charge in [-0.05, 0) is 19.8 Å². The second-order valence-electron chi connectivity index (χ2n) is 3.79. The molecule has 0 aromatic carbocycles. The van der Waals surface area contributed by atoms with Gasteiger partial charge in [-0.15, -0.1) is 0 Å². The van der Waals surface area contributed by atoms with Gasteiger partial charge >= 0.3 is 0 Å². The number of carbonyl (C=O) groups excluding carboxylic acids is 1. The predicted octanol–water partition coefficient (Wildman–Crippen LogP) is 1.34. The molecular formula is C12H19N3O2. The molecule has 0 spiro atoms. The van der Waals surface area contributed by atoms with Crippen molar-refractivity contribution in [1.29, 1.82) is 0 Å². The number of methoxy groups -OCH3 is 1. The van der Waals surface area contributed by atoms with Crippen LogP contribution >= 0.6 is 0 Å². The number of carbonyl (C=O) groups is 1. The Balaban J connectivity index is 0.000000686. The maximum atomic E-state index is 11.4. The number of amides is 1. The summed E-state index contributed by atoms with van der Waals surface area (Å²) >= 11 is 0. The molecule has 1 fully saturated rings. The summed E-state index contributed by atoms with van der Waals surface area (Å²) < 4.78 is 5.14. The molecule has 0 aliphatic heterocycles. The summed E-state index contributed by atoms with van der Waals surface area (Å²) in [5.41, 5.74) is 6.33. The molecule has 1 aliphatic rings. The largest absolute Gasteiger partial charge is 0.481 e. The van der Waals surface area contributed by atoms with Crippen molar-refractivity contribution < 1.29 is 9.53 Å². The van der Waals surface area contributed by atoms with Crippen LogP contribution in [0.4, 0.5) is 0 Å². The van der Waals surface area contributed by atoms with Crippen LogP contribution in [0.15, 0.2) is 6.33 Å². The van der Waals surface area contributed by atoms with Crippen LogP contribution < -0.4 is 10.5 Å². The molecule has 5 nitrogen and oxygen atoms in total. The van der Waals surface area contributed by atoms with Crippen LogP contribution in [-0.2, 0) is 10.2 Å². The molecule has 1 aliphatic carbocycles. The lowest BCUT2D eigenvalue weighted by molar-refractivity contribution is -0.120. The van der Waals surface area contributed by atoms with E-state index in [4.69, 9.17) is 10.5 Å². The van der Waals surface area contributed by atoms with E-state index in [-0.39, 0.29) is 5.91 Å². The van der Waals surface area contributed by atoms with Gasteiger partial charge in [-0.1, -0.05) is 13.8 Å². The smallest absolute Gasteiger partial charge is 0.228 e. The van der Waals surface area contributed by atoms with Gasteiger partial charge in [0.1, 0.15) is 6.33 Å². The average molecular weight is 237 g/mol.